The number of thiophene rings is 1. The van der Waals surface area contributed by atoms with Crippen LogP contribution in [0.15, 0.2) is 22.5 Å². The Morgan fingerprint density at radius 3 is 3.11 bits per heavy atom. The van der Waals surface area contributed by atoms with E-state index in [1.807, 2.05) is 7.05 Å². The van der Waals surface area contributed by atoms with Gasteiger partial charge in [0.15, 0.2) is 5.96 Å². The van der Waals surface area contributed by atoms with Gasteiger partial charge in [-0.25, -0.2) is 0 Å². The van der Waals surface area contributed by atoms with Crippen molar-refractivity contribution < 1.29 is 4.74 Å². The molecule has 3 unspecified atom stereocenters. The summed E-state index contributed by atoms with van der Waals surface area (Å²) >= 11 is 1.76. The van der Waals surface area contributed by atoms with Crippen LogP contribution in [0.4, 0.5) is 0 Å². The van der Waals surface area contributed by atoms with Gasteiger partial charge in [-0.1, -0.05) is 6.07 Å². The third kappa shape index (κ3) is 2.52. The van der Waals surface area contributed by atoms with Crippen molar-refractivity contribution >= 4 is 17.3 Å². The second-order valence-electron chi connectivity index (χ2n) is 4.87. The first-order valence-corrected chi connectivity index (χ1v) is 7.38. The van der Waals surface area contributed by atoms with Crippen molar-refractivity contribution in [1.29, 1.82) is 0 Å². The molecule has 98 valence electrons. The van der Waals surface area contributed by atoms with Crippen molar-refractivity contribution in [1.82, 2.24) is 10.6 Å². The summed E-state index contributed by atoms with van der Waals surface area (Å²) in [6, 6.07) is 4.63. The molecule has 4 nitrogen and oxygen atoms in total. The predicted octanol–water partition coefficient (Wildman–Crippen LogP) is 1.73. The van der Waals surface area contributed by atoms with E-state index in [9.17, 15) is 0 Å². The summed E-state index contributed by atoms with van der Waals surface area (Å²) in [5, 5.41) is 8.92. The second-order valence-corrected chi connectivity index (χ2v) is 5.90. The maximum Gasteiger partial charge on any atom is 0.191 e. The molecule has 2 bridgehead atoms. The molecule has 1 aromatic heterocycles. The molecular weight excluding hydrogens is 246 g/mol. The van der Waals surface area contributed by atoms with Crippen LogP contribution < -0.4 is 10.6 Å². The zero-order valence-corrected chi connectivity index (χ0v) is 11.4. The summed E-state index contributed by atoms with van der Waals surface area (Å²) < 4.78 is 5.84. The Kier molecular flexibility index (Phi) is 3.52. The van der Waals surface area contributed by atoms with Gasteiger partial charge in [0.05, 0.1) is 24.8 Å². The highest BCUT2D eigenvalue weighted by atomic mass is 32.1. The summed E-state index contributed by atoms with van der Waals surface area (Å²) in [7, 11) is 1.82. The van der Waals surface area contributed by atoms with E-state index in [0.29, 0.717) is 18.2 Å². The molecule has 0 radical (unpaired) electrons. The van der Waals surface area contributed by atoms with E-state index >= 15 is 0 Å². The number of aliphatic imine (C=N–C) groups is 1. The summed E-state index contributed by atoms with van der Waals surface area (Å²) in [5.74, 6) is 0.879. The Balaban J connectivity index is 1.51. The average molecular weight is 265 g/mol. The van der Waals surface area contributed by atoms with Crippen molar-refractivity contribution in [2.24, 2.45) is 4.99 Å². The molecule has 0 spiro atoms. The second kappa shape index (κ2) is 5.28. The van der Waals surface area contributed by atoms with Crippen LogP contribution in [0, 0.1) is 0 Å². The van der Waals surface area contributed by atoms with Crippen molar-refractivity contribution in [3.63, 3.8) is 0 Å². The molecular formula is C13H19N3OS. The Bertz CT molecular complexity index is 418. The van der Waals surface area contributed by atoms with Gasteiger partial charge < -0.3 is 15.4 Å². The maximum absolute atomic E-state index is 5.84. The lowest BCUT2D eigenvalue weighted by molar-refractivity contribution is 0.0992. The zero-order valence-electron chi connectivity index (χ0n) is 10.6. The number of guanidine groups is 1. The number of ether oxygens (including phenoxy) is 1. The van der Waals surface area contributed by atoms with E-state index in [1.54, 1.807) is 11.3 Å². The van der Waals surface area contributed by atoms with Crippen LogP contribution in [0.25, 0.3) is 0 Å². The van der Waals surface area contributed by atoms with Gasteiger partial charge in [0.2, 0.25) is 0 Å². The number of hydrogen-bond donors (Lipinski definition) is 2. The van der Waals surface area contributed by atoms with Crippen LogP contribution in [0.2, 0.25) is 0 Å². The highest BCUT2D eigenvalue weighted by Crippen LogP contribution is 2.34. The minimum atomic E-state index is 0.385. The summed E-state index contributed by atoms with van der Waals surface area (Å²) in [6.07, 6.45) is 4.39. The highest BCUT2D eigenvalue weighted by molar-refractivity contribution is 7.09. The molecule has 3 heterocycles. The van der Waals surface area contributed by atoms with Crippen molar-refractivity contribution in [3.8, 4) is 0 Å². The van der Waals surface area contributed by atoms with E-state index < -0.39 is 0 Å². The van der Waals surface area contributed by atoms with Crippen LogP contribution in [0.1, 0.15) is 24.1 Å². The van der Waals surface area contributed by atoms with Gasteiger partial charge in [0.25, 0.3) is 0 Å². The fourth-order valence-electron chi connectivity index (χ4n) is 2.74. The molecule has 2 fully saturated rings. The van der Waals surface area contributed by atoms with Crippen molar-refractivity contribution in [2.45, 2.75) is 44.1 Å². The summed E-state index contributed by atoms with van der Waals surface area (Å²) in [4.78, 5) is 5.60. The van der Waals surface area contributed by atoms with E-state index in [0.717, 1.165) is 18.9 Å². The minimum Gasteiger partial charge on any atom is -0.373 e. The fraction of sp³-hybridized carbons (Fsp3) is 0.615. The molecule has 0 saturated carbocycles. The van der Waals surface area contributed by atoms with Gasteiger partial charge >= 0.3 is 0 Å². The number of nitrogens with one attached hydrogen (secondary N) is 2. The van der Waals surface area contributed by atoms with Gasteiger partial charge in [0.1, 0.15) is 0 Å². The van der Waals surface area contributed by atoms with E-state index in [1.165, 1.54) is 17.7 Å². The number of nitrogens with zero attached hydrogens (tertiary/aromatic N) is 1. The molecule has 0 amide bonds. The first-order valence-electron chi connectivity index (χ1n) is 6.50. The maximum atomic E-state index is 5.84. The molecule has 5 heteroatoms. The van der Waals surface area contributed by atoms with Crippen molar-refractivity contribution in [3.05, 3.63) is 22.4 Å². The first kappa shape index (κ1) is 12.0. The molecule has 2 N–H and O–H groups in total. The molecule has 1 aromatic rings. The fourth-order valence-corrected chi connectivity index (χ4v) is 3.39. The van der Waals surface area contributed by atoms with E-state index in [4.69, 9.17) is 4.74 Å². The first-order chi connectivity index (χ1) is 8.85. The SMILES string of the molecule is CN=C(NCc1cccs1)NC1CC2CCC1O2. The molecule has 0 aromatic carbocycles. The van der Waals surface area contributed by atoms with Crippen molar-refractivity contribution in [2.75, 3.05) is 7.05 Å². The third-order valence-electron chi connectivity index (χ3n) is 3.66. The normalized spacial score (nSPS) is 30.7. The number of rotatable bonds is 3. The molecule has 3 rings (SSSR count). The Labute approximate surface area is 111 Å². The van der Waals surface area contributed by atoms with Gasteiger partial charge in [-0.3, -0.25) is 4.99 Å². The summed E-state index contributed by atoms with van der Waals surface area (Å²) in [5.41, 5.74) is 0. The van der Waals surface area contributed by atoms with Gasteiger partial charge in [-0.2, -0.15) is 0 Å². The van der Waals surface area contributed by atoms with Gasteiger partial charge in [-0.15, -0.1) is 11.3 Å². The number of fused-ring (bicyclic) bond motifs is 2. The van der Waals surface area contributed by atoms with Gasteiger partial charge in [0, 0.05) is 11.9 Å². The molecule has 0 aliphatic carbocycles. The molecule has 2 saturated heterocycles. The van der Waals surface area contributed by atoms with E-state index in [2.05, 4.69) is 33.1 Å². The van der Waals surface area contributed by atoms with Crippen LogP contribution in [-0.2, 0) is 11.3 Å². The lowest BCUT2D eigenvalue weighted by atomic mass is 9.96. The zero-order chi connectivity index (χ0) is 12.4. The summed E-state index contributed by atoms with van der Waals surface area (Å²) in [6.45, 7) is 0.832. The average Bonchev–Trinajstić information content (AvgIpc) is 3.10. The lowest BCUT2D eigenvalue weighted by Gasteiger charge is -2.22. The van der Waals surface area contributed by atoms with Crippen LogP contribution in [0.5, 0.6) is 0 Å². The smallest absolute Gasteiger partial charge is 0.191 e. The lowest BCUT2D eigenvalue weighted by Crippen LogP contribution is -2.47. The standard InChI is InChI=1S/C13H19N3OS/c1-14-13(15-8-10-3-2-6-18-10)16-11-7-9-4-5-12(11)17-9/h2-3,6,9,11-12H,4-5,7-8H2,1H3,(H2,14,15,16). The quantitative estimate of drug-likeness (QED) is 0.646. The highest BCUT2D eigenvalue weighted by Gasteiger charge is 2.41. The Morgan fingerprint density at radius 2 is 2.50 bits per heavy atom. The molecule has 18 heavy (non-hydrogen) atoms. The van der Waals surface area contributed by atoms with Crippen LogP contribution in [0.3, 0.4) is 0 Å². The molecule has 3 atom stereocenters. The Morgan fingerprint density at radius 1 is 1.56 bits per heavy atom. The largest absolute Gasteiger partial charge is 0.373 e. The van der Waals surface area contributed by atoms with Crippen LogP contribution in [-0.4, -0.2) is 31.3 Å². The topological polar surface area (TPSA) is 45.7 Å². The monoisotopic (exact) mass is 265 g/mol. The Hall–Kier alpha value is -1.07. The molecule has 2 aliphatic rings. The third-order valence-corrected chi connectivity index (χ3v) is 4.54. The predicted molar refractivity (Wildman–Crippen MR) is 74.0 cm³/mol. The number of hydrogen-bond acceptors (Lipinski definition) is 3. The van der Waals surface area contributed by atoms with Gasteiger partial charge in [-0.05, 0) is 30.7 Å². The molecule has 2 aliphatic heterocycles. The van der Waals surface area contributed by atoms with Crippen LogP contribution >= 0.6 is 11.3 Å². The minimum absolute atomic E-state index is 0.385. The van der Waals surface area contributed by atoms with E-state index in [-0.39, 0.29) is 0 Å².